The molecule has 0 aromatic heterocycles. The number of amides is 2. The molecule has 13 heteroatoms. The van der Waals surface area contributed by atoms with E-state index in [0.29, 0.717) is 4.90 Å². The number of aliphatic hydroxyl groups excluding tert-OH is 1. The standard InChI is InChI=1S/C9H14N6O5P2/c10-21(11,19)7-5(14-22(12,13)20)2-1-4-6(7)9(18)15(3-16)8(4)17/h1-2,16H,3H2,(H4,10,11,19)(H5,12,13,14,20). The van der Waals surface area contributed by atoms with Gasteiger partial charge in [0.25, 0.3) is 19.4 Å². The van der Waals surface area contributed by atoms with Crippen LogP contribution in [0.2, 0.25) is 0 Å². The minimum atomic E-state index is -4.06. The third-order valence-electron chi connectivity index (χ3n) is 2.90. The number of aliphatic hydroxyl groups is 1. The third kappa shape index (κ3) is 2.83. The SMILES string of the molecule is NP(N)(=O)Nc1ccc2c(c1P(N)(N)=O)C(=O)N(CO)C2=O. The summed E-state index contributed by atoms with van der Waals surface area (Å²) in [7, 11) is -7.87. The van der Waals surface area contributed by atoms with Crippen molar-refractivity contribution in [3.63, 3.8) is 0 Å². The van der Waals surface area contributed by atoms with Crippen LogP contribution in [0, 0.1) is 0 Å². The van der Waals surface area contributed by atoms with E-state index in [0.717, 1.165) is 0 Å². The van der Waals surface area contributed by atoms with Crippen molar-refractivity contribution < 1.29 is 23.8 Å². The highest BCUT2D eigenvalue weighted by molar-refractivity contribution is 7.68. The fourth-order valence-electron chi connectivity index (χ4n) is 2.13. The molecule has 0 unspecified atom stereocenters. The molecule has 0 spiro atoms. The lowest BCUT2D eigenvalue weighted by molar-refractivity contribution is 0.0490. The molecule has 22 heavy (non-hydrogen) atoms. The van der Waals surface area contributed by atoms with Gasteiger partial charge in [-0.2, -0.15) is 0 Å². The number of fused-ring (bicyclic) bond motifs is 1. The van der Waals surface area contributed by atoms with Crippen LogP contribution in [0.15, 0.2) is 12.1 Å². The van der Waals surface area contributed by atoms with Crippen molar-refractivity contribution >= 4 is 37.8 Å². The van der Waals surface area contributed by atoms with Crippen molar-refractivity contribution in [1.82, 2.24) is 4.90 Å². The number of nitrogens with two attached hydrogens (primary N) is 4. The van der Waals surface area contributed by atoms with Crippen molar-refractivity contribution in [1.29, 1.82) is 0 Å². The first-order valence-corrected chi connectivity index (χ1v) is 9.43. The van der Waals surface area contributed by atoms with E-state index in [9.17, 15) is 18.7 Å². The second kappa shape index (κ2) is 5.25. The molecule has 0 aliphatic carbocycles. The van der Waals surface area contributed by atoms with Gasteiger partial charge >= 0.3 is 0 Å². The van der Waals surface area contributed by atoms with Crippen LogP contribution in [0.1, 0.15) is 20.7 Å². The molecule has 1 aromatic carbocycles. The van der Waals surface area contributed by atoms with Crippen LogP contribution in [0.25, 0.3) is 0 Å². The zero-order valence-electron chi connectivity index (χ0n) is 11.1. The van der Waals surface area contributed by atoms with Crippen LogP contribution >= 0.6 is 15.0 Å². The van der Waals surface area contributed by atoms with Gasteiger partial charge in [-0.25, -0.2) is 0 Å². The van der Waals surface area contributed by atoms with E-state index in [4.69, 9.17) is 27.1 Å². The van der Waals surface area contributed by atoms with Gasteiger partial charge in [0.05, 0.1) is 22.1 Å². The molecule has 10 N–H and O–H groups in total. The lowest BCUT2D eigenvalue weighted by Gasteiger charge is -2.18. The van der Waals surface area contributed by atoms with E-state index < -0.39 is 38.9 Å². The summed E-state index contributed by atoms with van der Waals surface area (Å²) in [5, 5.41) is 10.9. The predicted molar refractivity (Wildman–Crippen MR) is 79.2 cm³/mol. The molecule has 0 radical (unpaired) electrons. The summed E-state index contributed by atoms with van der Waals surface area (Å²) in [6.45, 7) is -0.875. The lowest BCUT2D eigenvalue weighted by atomic mass is 10.1. The summed E-state index contributed by atoms with van der Waals surface area (Å²) in [6.07, 6.45) is 0. The second-order valence-corrected chi connectivity index (χ2v) is 8.10. The van der Waals surface area contributed by atoms with Crippen molar-refractivity contribution in [2.45, 2.75) is 0 Å². The molecule has 0 saturated carbocycles. The Balaban J connectivity index is 2.77. The first-order valence-electron chi connectivity index (χ1n) is 5.74. The minimum absolute atomic E-state index is 0.139. The number of carbonyl (C=O) groups is 2. The zero-order valence-corrected chi connectivity index (χ0v) is 12.9. The summed E-state index contributed by atoms with van der Waals surface area (Å²) in [5.41, 5.74) is 20.6. The van der Waals surface area contributed by atoms with Crippen LogP contribution in [-0.2, 0) is 9.13 Å². The number of rotatable bonds is 4. The van der Waals surface area contributed by atoms with Crippen LogP contribution in [0.3, 0.4) is 0 Å². The molecule has 1 aliphatic heterocycles. The van der Waals surface area contributed by atoms with Gasteiger partial charge < -0.3 is 10.2 Å². The number of nitrogens with one attached hydrogen (secondary N) is 1. The first-order chi connectivity index (χ1) is 9.97. The second-order valence-electron chi connectivity index (χ2n) is 4.59. The fraction of sp³-hybridized carbons (Fsp3) is 0.111. The van der Waals surface area contributed by atoms with Gasteiger partial charge in [-0.05, 0) is 12.1 Å². The number of benzene rings is 1. The Kier molecular flexibility index (Phi) is 4.01. The number of anilines is 1. The van der Waals surface area contributed by atoms with E-state index in [2.05, 4.69) is 5.09 Å². The Morgan fingerprint density at radius 3 is 2.14 bits per heavy atom. The van der Waals surface area contributed by atoms with Crippen LogP contribution in [0.4, 0.5) is 5.69 Å². The van der Waals surface area contributed by atoms with Crippen molar-refractivity contribution in [2.24, 2.45) is 22.0 Å². The van der Waals surface area contributed by atoms with E-state index in [-0.39, 0.29) is 16.8 Å². The van der Waals surface area contributed by atoms with Gasteiger partial charge in [0.1, 0.15) is 6.73 Å². The highest BCUT2D eigenvalue weighted by Gasteiger charge is 2.41. The van der Waals surface area contributed by atoms with E-state index in [1.807, 2.05) is 0 Å². The van der Waals surface area contributed by atoms with Crippen LogP contribution in [-0.4, -0.2) is 28.6 Å². The van der Waals surface area contributed by atoms with Crippen molar-refractivity contribution in [3.05, 3.63) is 23.3 Å². The van der Waals surface area contributed by atoms with Crippen molar-refractivity contribution in [2.75, 3.05) is 11.8 Å². The molecule has 1 aromatic rings. The number of nitrogens with zero attached hydrogens (tertiary/aromatic N) is 1. The Labute approximate surface area is 124 Å². The molecule has 0 bridgehead atoms. The molecule has 0 fully saturated rings. The molecular weight excluding hydrogens is 334 g/mol. The normalized spacial score (nSPS) is 15.2. The topological polar surface area (TPSA) is 208 Å². The van der Waals surface area contributed by atoms with Gasteiger partial charge in [-0.3, -0.25) is 45.6 Å². The first kappa shape index (κ1) is 16.8. The zero-order chi connectivity index (χ0) is 16.9. The van der Waals surface area contributed by atoms with Gasteiger partial charge in [0, 0.05) is 0 Å². The monoisotopic (exact) mass is 348 g/mol. The highest BCUT2D eigenvalue weighted by Crippen LogP contribution is 2.38. The number of carbonyl (C=O) groups excluding carboxylic acids is 2. The van der Waals surface area contributed by atoms with E-state index in [1.165, 1.54) is 12.1 Å². The Hall–Kier alpha value is -1.58. The average Bonchev–Trinajstić information content (AvgIpc) is 2.58. The summed E-state index contributed by atoms with van der Waals surface area (Å²) >= 11 is 0. The van der Waals surface area contributed by atoms with Gasteiger partial charge in [0.2, 0.25) is 7.44 Å². The molecule has 0 atom stereocenters. The summed E-state index contributed by atoms with van der Waals surface area (Å²) in [4.78, 5) is 24.7. The van der Waals surface area contributed by atoms with E-state index in [1.54, 1.807) is 0 Å². The Morgan fingerprint density at radius 2 is 1.68 bits per heavy atom. The fourth-order valence-corrected chi connectivity index (χ4v) is 3.85. The predicted octanol–water partition coefficient (Wildman–Crippen LogP) is -1.59. The number of hydrogen-bond acceptors (Lipinski definition) is 5. The van der Waals surface area contributed by atoms with Crippen LogP contribution in [0.5, 0.6) is 0 Å². The van der Waals surface area contributed by atoms with Gasteiger partial charge in [0.15, 0.2) is 0 Å². The molecule has 120 valence electrons. The molecular formula is C9H14N6O5P2. The number of imide groups is 1. The van der Waals surface area contributed by atoms with Gasteiger partial charge in [-0.1, -0.05) is 0 Å². The molecule has 2 amide bonds. The highest BCUT2D eigenvalue weighted by atomic mass is 31.2. The maximum Gasteiger partial charge on any atom is 0.298 e. The van der Waals surface area contributed by atoms with Crippen molar-refractivity contribution in [3.8, 4) is 0 Å². The molecule has 1 aliphatic rings. The van der Waals surface area contributed by atoms with E-state index >= 15 is 0 Å². The lowest BCUT2D eigenvalue weighted by Crippen LogP contribution is -2.33. The summed E-state index contributed by atoms with van der Waals surface area (Å²) < 4.78 is 23.6. The average molecular weight is 348 g/mol. The van der Waals surface area contributed by atoms with Crippen LogP contribution < -0.4 is 32.4 Å². The number of hydrogen-bond donors (Lipinski definition) is 6. The largest absolute Gasteiger partial charge is 0.376 e. The molecule has 0 saturated heterocycles. The minimum Gasteiger partial charge on any atom is -0.376 e. The quantitative estimate of drug-likeness (QED) is 0.271. The molecule has 11 nitrogen and oxygen atoms in total. The maximum absolute atomic E-state index is 12.2. The summed E-state index contributed by atoms with van der Waals surface area (Å²) in [5.74, 6) is -1.73. The Morgan fingerprint density at radius 1 is 1.09 bits per heavy atom. The maximum atomic E-state index is 12.2. The smallest absolute Gasteiger partial charge is 0.298 e. The third-order valence-corrected chi connectivity index (χ3v) is 4.65. The van der Waals surface area contributed by atoms with Gasteiger partial charge in [-0.15, -0.1) is 0 Å². The molecule has 1 heterocycles. The molecule has 2 rings (SSSR count). The Bertz CT molecular complexity index is 768. The summed E-state index contributed by atoms with van der Waals surface area (Å²) in [6, 6.07) is 2.38.